The van der Waals surface area contributed by atoms with E-state index in [1.54, 1.807) is 6.07 Å². The second-order valence-corrected chi connectivity index (χ2v) is 10.1. The number of aliphatic carboxylic acids is 1. The van der Waals surface area contributed by atoms with Gasteiger partial charge in [0.2, 0.25) is 5.69 Å². The molecule has 0 bridgehead atoms. The summed E-state index contributed by atoms with van der Waals surface area (Å²) in [5, 5.41) is 23.7. The van der Waals surface area contributed by atoms with E-state index in [9.17, 15) is 19.9 Å². The molecule has 0 unspecified atom stereocenters. The number of piperazine rings is 1. The predicted octanol–water partition coefficient (Wildman–Crippen LogP) is 3.70. The zero-order valence-corrected chi connectivity index (χ0v) is 20.3. The number of amides is 1. The van der Waals surface area contributed by atoms with Gasteiger partial charge in [-0.15, -0.1) is 0 Å². The maximum absolute atomic E-state index is 13.0. The number of carboxylic acid groups (broad SMARTS) is 1. The third-order valence-electron chi connectivity index (χ3n) is 7.52. The Labute approximate surface area is 209 Å². The molecule has 1 aliphatic heterocycles. The van der Waals surface area contributed by atoms with Gasteiger partial charge in [-0.2, -0.15) is 4.73 Å². The molecule has 35 heavy (non-hydrogen) atoms. The SMILES string of the molecule is O=C(O)[C@H]1CN([C@@H]2c3ccc(Cl)cc3CCc3ccc[n+]([O-])c32)CCN1C(=O)OC1CCCCC1. The first kappa shape index (κ1) is 23.9. The van der Waals surface area contributed by atoms with E-state index >= 15 is 0 Å². The average molecular weight is 500 g/mol. The third-order valence-corrected chi connectivity index (χ3v) is 7.76. The van der Waals surface area contributed by atoms with E-state index in [0.717, 1.165) is 59.9 Å². The Bertz CT molecular complexity index is 1120. The molecule has 0 radical (unpaired) electrons. The van der Waals surface area contributed by atoms with E-state index in [2.05, 4.69) is 0 Å². The van der Waals surface area contributed by atoms with Gasteiger partial charge in [0.1, 0.15) is 18.2 Å². The van der Waals surface area contributed by atoms with Crippen molar-refractivity contribution in [1.29, 1.82) is 0 Å². The molecule has 2 aromatic rings. The molecule has 5 rings (SSSR count). The van der Waals surface area contributed by atoms with Crippen LogP contribution in [-0.4, -0.2) is 58.7 Å². The van der Waals surface area contributed by atoms with Crippen LogP contribution >= 0.6 is 11.6 Å². The molecule has 186 valence electrons. The predicted molar refractivity (Wildman–Crippen MR) is 129 cm³/mol. The fraction of sp³-hybridized carbons (Fsp3) is 0.500. The number of carbonyl (C=O) groups is 2. The van der Waals surface area contributed by atoms with Crippen LogP contribution in [0.5, 0.6) is 0 Å². The number of pyridine rings is 1. The fourth-order valence-corrected chi connectivity index (χ4v) is 5.95. The summed E-state index contributed by atoms with van der Waals surface area (Å²) in [6.45, 7) is 0.726. The van der Waals surface area contributed by atoms with Gasteiger partial charge in [0, 0.05) is 36.3 Å². The highest BCUT2D eigenvalue weighted by atomic mass is 35.5. The zero-order chi connectivity index (χ0) is 24.5. The Morgan fingerprint density at radius 3 is 2.63 bits per heavy atom. The Morgan fingerprint density at radius 2 is 1.86 bits per heavy atom. The topological polar surface area (TPSA) is 97.0 Å². The number of aryl methyl sites for hydroxylation is 2. The lowest BCUT2D eigenvalue weighted by Crippen LogP contribution is -2.60. The number of carbonyl (C=O) groups excluding carboxylic acids is 1. The van der Waals surface area contributed by atoms with Gasteiger partial charge < -0.3 is 15.1 Å². The van der Waals surface area contributed by atoms with Gasteiger partial charge in [-0.05, 0) is 67.9 Å². The van der Waals surface area contributed by atoms with Crippen LogP contribution in [0, 0.1) is 5.21 Å². The zero-order valence-electron chi connectivity index (χ0n) is 19.6. The van der Waals surface area contributed by atoms with Crippen molar-refractivity contribution in [3.63, 3.8) is 0 Å². The van der Waals surface area contributed by atoms with Crippen LogP contribution in [-0.2, 0) is 22.4 Å². The summed E-state index contributed by atoms with van der Waals surface area (Å²) < 4.78 is 6.59. The smallest absolute Gasteiger partial charge is 0.410 e. The van der Waals surface area contributed by atoms with Gasteiger partial charge in [0.05, 0.1) is 0 Å². The quantitative estimate of drug-likeness (QED) is 0.511. The van der Waals surface area contributed by atoms with E-state index < -0.39 is 24.1 Å². The average Bonchev–Trinajstić information content (AvgIpc) is 3.01. The molecule has 1 amide bonds. The van der Waals surface area contributed by atoms with E-state index in [4.69, 9.17) is 16.3 Å². The molecule has 1 N–H and O–H groups in total. The number of fused-ring (bicyclic) bond motifs is 2. The summed E-state index contributed by atoms with van der Waals surface area (Å²) in [7, 11) is 0. The molecule has 8 nitrogen and oxygen atoms in total. The van der Waals surface area contributed by atoms with Crippen molar-refractivity contribution in [2.45, 2.75) is 63.1 Å². The summed E-state index contributed by atoms with van der Waals surface area (Å²) in [5.74, 6) is -1.08. The number of hydrogen-bond acceptors (Lipinski definition) is 5. The van der Waals surface area contributed by atoms with E-state index in [1.165, 1.54) is 11.1 Å². The molecular weight excluding hydrogens is 470 g/mol. The lowest BCUT2D eigenvalue weighted by molar-refractivity contribution is -0.617. The first-order chi connectivity index (χ1) is 16.9. The highest BCUT2D eigenvalue weighted by molar-refractivity contribution is 6.30. The number of benzene rings is 1. The molecule has 1 aromatic heterocycles. The number of hydrogen-bond donors (Lipinski definition) is 1. The van der Waals surface area contributed by atoms with Gasteiger partial charge in [-0.1, -0.05) is 24.1 Å². The molecule has 1 saturated carbocycles. The molecule has 0 spiro atoms. The van der Waals surface area contributed by atoms with E-state index in [-0.39, 0.29) is 19.2 Å². The van der Waals surface area contributed by atoms with Gasteiger partial charge in [-0.3, -0.25) is 9.80 Å². The van der Waals surface area contributed by atoms with E-state index in [1.807, 2.05) is 29.2 Å². The minimum Gasteiger partial charge on any atom is -0.618 e. The van der Waals surface area contributed by atoms with Crippen LogP contribution in [0.15, 0.2) is 36.5 Å². The molecule has 1 aromatic carbocycles. The molecule has 2 aliphatic carbocycles. The molecule has 2 atom stereocenters. The van der Waals surface area contributed by atoms with Crippen LogP contribution in [0.3, 0.4) is 0 Å². The highest BCUT2D eigenvalue weighted by Gasteiger charge is 2.43. The second kappa shape index (κ2) is 10.0. The van der Waals surface area contributed by atoms with Crippen molar-refractivity contribution in [2.24, 2.45) is 0 Å². The monoisotopic (exact) mass is 499 g/mol. The number of rotatable bonds is 3. The molecule has 2 fully saturated rings. The number of carboxylic acids is 1. The number of halogens is 1. The first-order valence-electron chi connectivity index (χ1n) is 12.4. The molecule has 2 heterocycles. The van der Waals surface area contributed by atoms with Crippen molar-refractivity contribution in [3.8, 4) is 0 Å². The van der Waals surface area contributed by atoms with Crippen LogP contribution < -0.4 is 4.73 Å². The summed E-state index contributed by atoms with van der Waals surface area (Å²) in [4.78, 5) is 28.6. The Kier molecular flexibility index (Phi) is 6.84. The van der Waals surface area contributed by atoms with Crippen molar-refractivity contribution in [2.75, 3.05) is 19.6 Å². The molecule has 9 heteroatoms. The molecule has 3 aliphatic rings. The van der Waals surface area contributed by atoms with Gasteiger partial charge in [0.25, 0.3) is 0 Å². The Hall–Kier alpha value is -2.84. The van der Waals surface area contributed by atoms with E-state index in [0.29, 0.717) is 23.7 Å². The fourth-order valence-electron chi connectivity index (χ4n) is 5.76. The number of aromatic nitrogens is 1. The van der Waals surface area contributed by atoms with Crippen LogP contribution in [0.25, 0.3) is 0 Å². The van der Waals surface area contributed by atoms with Crippen LogP contribution in [0.2, 0.25) is 5.02 Å². The standard InChI is InChI=1S/C26H30ClN3O5/c27-19-10-11-21-18(15-19)9-8-17-5-4-12-30(34)23(17)24(21)28-13-14-29(22(16-28)25(31)32)26(33)35-20-6-2-1-3-7-20/h4-5,10-12,15,20,22,24H,1-3,6-9,13-14,16H2,(H,31,32)/t22-,24-/m1/s1. The van der Waals surface area contributed by atoms with Gasteiger partial charge in [0.15, 0.2) is 6.20 Å². The second-order valence-electron chi connectivity index (χ2n) is 9.68. The lowest BCUT2D eigenvalue weighted by atomic mass is 9.95. The maximum atomic E-state index is 13.0. The van der Waals surface area contributed by atoms with Crippen LogP contribution in [0.1, 0.15) is 60.5 Å². The summed E-state index contributed by atoms with van der Waals surface area (Å²) >= 11 is 6.29. The molecule has 1 saturated heterocycles. The summed E-state index contributed by atoms with van der Waals surface area (Å²) in [5.41, 5.74) is 3.54. The van der Waals surface area contributed by atoms with Crippen molar-refractivity contribution < 1.29 is 24.2 Å². The first-order valence-corrected chi connectivity index (χ1v) is 12.7. The Balaban J connectivity index is 1.45. The van der Waals surface area contributed by atoms with Crippen molar-refractivity contribution in [1.82, 2.24) is 9.80 Å². The highest BCUT2D eigenvalue weighted by Crippen LogP contribution is 2.37. The van der Waals surface area contributed by atoms with Crippen LogP contribution in [0.4, 0.5) is 4.79 Å². The minimum atomic E-state index is -1.08. The molecular formula is C26H30ClN3O5. The Morgan fingerprint density at radius 1 is 1.09 bits per heavy atom. The maximum Gasteiger partial charge on any atom is 0.410 e. The number of ether oxygens (including phenoxy) is 1. The largest absolute Gasteiger partial charge is 0.618 e. The minimum absolute atomic E-state index is 0.0934. The third kappa shape index (κ3) is 4.82. The van der Waals surface area contributed by atoms with Crippen molar-refractivity contribution >= 4 is 23.7 Å². The number of nitrogens with zero attached hydrogens (tertiary/aromatic N) is 3. The summed E-state index contributed by atoms with van der Waals surface area (Å²) in [6, 6.07) is 7.87. The van der Waals surface area contributed by atoms with Gasteiger partial charge in [-0.25, -0.2) is 9.59 Å². The lowest BCUT2D eigenvalue weighted by Gasteiger charge is -2.42. The van der Waals surface area contributed by atoms with Crippen molar-refractivity contribution in [3.05, 3.63) is 69.1 Å². The van der Waals surface area contributed by atoms with Gasteiger partial charge >= 0.3 is 12.1 Å². The normalized spacial score (nSPS) is 23.2. The summed E-state index contributed by atoms with van der Waals surface area (Å²) in [6.07, 6.45) is 7.04.